The number of hydrogen-bond acceptors (Lipinski definition) is 4. The summed E-state index contributed by atoms with van der Waals surface area (Å²) in [7, 11) is 0. The molecule has 1 aromatic carbocycles. The van der Waals surface area contributed by atoms with Crippen molar-refractivity contribution >= 4 is 16.9 Å². The van der Waals surface area contributed by atoms with Crippen LogP contribution in [0.15, 0.2) is 36.7 Å². The Kier molecular flexibility index (Phi) is 5.57. The summed E-state index contributed by atoms with van der Waals surface area (Å²) in [5, 5.41) is 0.207. The number of aromatic nitrogens is 3. The van der Waals surface area contributed by atoms with Gasteiger partial charge in [0, 0.05) is 13.2 Å². The van der Waals surface area contributed by atoms with Gasteiger partial charge in [-0.05, 0) is 47.9 Å². The Bertz CT molecular complexity index is 1180. The largest absolute Gasteiger partial charge is 0.438 e. The number of alkyl halides is 3. The van der Waals surface area contributed by atoms with E-state index in [0.717, 1.165) is 37.3 Å². The second-order valence-electron chi connectivity index (χ2n) is 8.08. The maximum Gasteiger partial charge on any atom is 0.438 e. The molecular weight excluding hydrogens is 421 g/mol. The number of halogens is 3. The second-order valence-corrected chi connectivity index (χ2v) is 8.08. The Labute approximate surface area is 182 Å². The Balaban J connectivity index is 1.50. The molecule has 2 atom stereocenters. The van der Waals surface area contributed by atoms with Crippen LogP contribution in [-0.2, 0) is 22.1 Å². The van der Waals surface area contributed by atoms with Crippen LogP contribution >= 0.6 is 0 Å². The molecule has 2 aromatic heterocycles. The van der Waals surface area contributed by atoms with Gasteiger partial charge in [0.15, 0.2) is 11.7 Å². The highest BCUT2D eigenvalue weighted by Gasteiger charge is 2.35. The molecule has 166 valence electrons. The fourth-order valence-corrected chi connectivity index (χ4v) is 4.39. The molecule has 32 heavy (non-hydrogen) atoms. The predicted octanol–water partition coefficient (Wildman–Crippen LogP) is 5.24. The maximum absolute atomic E-state index is 13.1. The number of aromatic amines is 1. The molecule has 5 rings (SSSR count). The minimum Gasteiger partial charge on any atom is -0.381 e. The lowest BCUT2D eigenvalue weighted by Crippen LogP contribution is -2.34. The monoisotopic (exact) mass is 443 g/mol. The van der Waals surface area contributed by atoms with Gasteiger partial charge in [0.25, 0.3) is 0 Å². The van der Waals surface area contributed by atoms with Crippen LogP contribution in [0.2, 0.25) is 0 Å². The molecule has 1 aliphatic heterocycles. The molecule has 0 spiro atoms. The Morgan fingerprint density at radius 3 is 2.75 bits per heavy atom. The third kappa shape index (κ3) is 4.20. The van der Waals surface area contributed by atoms with Gasteiger partial charge >= 0.3 is 12.0 Å². The Morgan fingerprint density at radius 1 is 1.12 bits per heavy atom. The molecule has 1 fully saturated rings. The number of benzene rings is 1. The fraction of sp³-hybridized carbons (Fsp3) is 0.435. The molecule has 3 aromatic rings. The lowest BCUT2D eigenvalue weighted by atomic mass is 9.81. The van der Waals surface area contributed by atoms with Gasteiger partial charge in [-0.2, -0.15) is 23.0 Å². The van der Waals surface area contributed by atoms with E-state index >= 15 is 0 Å². The fourth-order valence-electron chi connectivity index (χ4n) is 4.39. The third-order valence-electron chi connectivity index (χ3n) is 6.02. The summed E-state index contributed by atoms with van der Waals surface area (Å²) in [6.07, 6.45) is 0.103. The molecule has 2 aliphatic rings. The van der Waals surface area contributed by atoms with Gasteiger partial charge in [-0.15, -0.1) is 0 Å². The highest BCUT2D eigenvalue weighted by Crippen LogP contribution is 2.36. The van der Waals surface area contributed by atoms with Crippen molar-refractivity contribution in [2.75, 3.05) is 13.2 Å². The smallest absolute Gasteiger partial charge is 0.381 e. The van der Waals surface area contributed by atoms with Gasteiger partial charge in [-0.3, -0.25) is 0 Å². The van der Waals surface area contributed by atoms with Crippen molar-refractivity contribution in [3.05, 3.63) is 58.3 Å². The van der Waals surface area contributed by atoms with Crippen LogP contribution in [0.5, 0.6) is 0 Å². The number of nitrogens with one attached hydrogen (secondary N) is 1. The first kappa shape index (κ1) is 20.9. The molecule has 0 radical (unpaired) electrons. The first-order valence-corrected chi connectivity index (χ1v) is 10.7. The van der Waals surface area contributed by atoms with Crippen molar-refractivity contribution in [3.8, 4) is 6.07 Å². The number of H-pyrrole nitrogens is 1. The minimum atomic E-state index is -4.50. The molecule has 1 saturated heterocycles. The van der Waals surface area contributed by atoms with E-state index in [1.807, 2.05) is 18.2 Å². The number of hydrogen-bond donors (Lipinski definition) is 1. The predicted molar refractivity (Wildman–Crippen MR) is 112 cm³/mol. The Hall–Kier alpha value is -2.96. The molecule has 3 heterocycles. The lowest BCUT2D eigenvalue weighted by Gasteiger charge is -2.33. The zero-order chi connectivity index (χ0) is 22.1. The number of aryl methyl sites for hydroxylation is 1. The maximum atomic E-state index is 13.1. The molecule has 0 saturated carbocycles. The van der Waals surface area contributed by atoms with E-state index in [0.29, 0.717) is 13.2 Å². The topological polar surface area (TPSA) is 64.4 Å². The van der Waals surface area contributed by atoms with Crippen molar-refractivity contribution in [2.24, 2.45) is 0 Å². The summed E-state index contributed by atoms with van der Waals surface area (Å²) in [5.41, 5.74) is 1.50. The van der Waals surface area contributed by atoms with Gasteiger partial charge < -0.3 is 14.5 Å². The van der Waals surface area contributed by atoms with Crippen LogP contribution in [0.3, 0.4) is 0 Å². The van der Waals surface area contributed by atoms with Crippen LogP contribution in [0.1, 0.15) is 42.0 Å². The molecule has 1 aliphatic carbocycles. The van der Waals surface area contributed by atoms with Gasteiger partial charge in [0.1, 0.15) is 17.0 Å². The molecule has 1 unspecified atom stereocenters. The normalized spacial score (nSPS) is 21.7. The van der Waals surface area contributed by atoms with Crippen molar-refractivity contribution in [3.63, 3.8) is 0 Å². The van der Waals surface area contributed by atoms with Gasteiger partial charge in [-0.1, -0.05) is 24.3 Å². The van der Waals surface area contributed by atoms with Gasteiger partial charge in [-0.25, -0.2) is 0 Å². The van der Waals surface area contributed by atoms with Crippen LogP contribution < -0.4 is 0 Å². The van der Waals surface area contributed by atoms with Crippen molar-refractivity contribution in [2.45, 2.75) is 50.0 Å². The zero-order valence-electron chi connectivity index (χ0n) is 17.2. The van der Waals surface area contributed by atoms with Crippen molar-refractivity contribution < 1.29 is 22.6 Å². The number of fused-ring (bicyclic) bond motifs is 2. The highest BCUT2D eigenvalue weighted by atomic mass is 19.4. The van der Waals surface area contributed by atoms with E-state index in [1.54, 1.807) is 0 Å². The molecule has 0 bridgehead atoms. The van der Waals surface area contributed by atoms with E-state index in [2.05, 4.69) is 31.9 Å². The number of nitrogens with zero attached hydrogens (tertiary/aromatic N) is 3. The number of rotatable bonds is 2. The zero-order valence-corrected chi connectivity index (χ0v) is 17.2. The van der Waals surface area contributed by atoms with Crippen LogP contribution in [0.25, 0.3) is 15.9 Å². The first-order chi connectivity index (χ1) is 15.5. The molecule has 0 amide bonds. The summed E-state index contributed by atoms with van der Waals surface area (Å²) in [6, 6.07) is 12.2. The second kappa shape index (κ2) is 8.52. The highest BCUT2D eigenvalue weighted by molar-refractivity contribution is 5.88. The van der Waals surface area contributed by atoms with E-state index in [1.165, 1.54) is 11.9 Å². The molecular formula is C23H22F3N4O2+. The summed E-state index contributed by atoms with van der Waals surface area (Å²) in [4.78, 5) is 14.7. The van der Waals surface area contributed by atoms with Crippen molar-refractivity contribution in [1.82, 2.24) is 15.0 Å². The van der Waals surface area contributed by atoms with Crippen LogP contribution in [-0.4, -0.2) is 40.4 Å². The average molecular weight is 443 g/mol. The van der Waals surface area contributed by atoms with Gasteiger partial charge in [0.2, 0.25) is 6.33 Å². The summed E-state index contributed by atoms with van der Waals surface area (Å²) in [6.45, 7) is 1.37. The van der Waals surface area contributed by atoms with Crippen LogP contribution in [0, 0.1) is 6.07 Å². The van der Waals surface area contributed by atoms with Crippen molar-refractivity contribution in [1.29, 1.82) is 0 Å². The SMILES string of the molecule is FC(F)(F)c1cc2c([N+]#CC3c4ccccc4CC[C@H]3OC3CCOCC3)ncnc2[nH]1. The standard InChI is InChI=1S/C23H22F3N4O2/c24-23(25,26)20-11-17-21(28-13-29-22(17)30-20)27-12-18-16-4-2-1-3-14(16)5-6-19(18)32-15-7-9-31-10-8-15/h1-4,11,13,15,18-19H,5-10H2,(H,28,29,30)/q+1/t18?,19-/m1/s1. The van der Waals surface area contributed by atoms with Crippen LogP contribution in [0.4, 0.5) is 19.0 Å². The molecule has 9 heteroatoms. The Morgan fingerprint density at radius 2 is 1.94 bits per heavy atom. The van der Waals surface area contributed by atoms with E-state index in [-0.39, 0.29) is 35.0 Å². The number of ether oxygens (including phenoxy) is 2. The molecule has 1 N–H and O–H groups in total. The quantitative estimate of drug-likeness (QED) is 0.589. The first-order valence-electron chi connectivity index (χ1n) is 10.7. The summed E-state index contributed by atoms with van der Waals surface area (Å²) < 4.78 is 51.2. The average Bonchev–Trinajstić information content (AvgIpc) is 3.25. The minimum absolute atomic E-state index is 0.0897. The van der Waals surface area contributed by atoms with E-state index in [4.69, 9.17) is 9.47 Å². The summed E-state index contributed by atoms with van der Waals surface area (Å²) >= 11 is 0. The third-order valence-corrected chi connectivity index (χ3v) is 6.02. The lowest BCUT2D eigenvalue weighted by molar-refractivity contribution is -0.140. The molecule has 6 nitrogen and oxygen atoms in total. The van der Waals surface area contributed by atoms with E-state index in [9.17, 15) is 13.2 Å². The van der Waals surface area contributed by atoms with Gasteiger partial charge in [0.05, 0.1) is 12.2 Å². The summed E-state index contributed by atoms with van der Waals surface area (Å²) in [5.74, 6) is -0.0940. The van der Waals surface area contributed by atoms with E-state index < -0.39 is 11.9 Å².